The molecule has 300 valence electrons. The van der Waals surface area contributed by atoms with Gasteiger partial charge < -0.3 is 9.32 Å². The number of rotatable bonds is 3. The van der Waals surface area contributed by atoms with E-state index in [-0.39, 0.29) is 5.41 Å². The monoisotopic (exact) mass is 815 g/mol. The van der Waals surface area contributed by atoms with Gasteiger partial charge in [0.25, 0.3) is 0 Å². The fraction of sp³-hybridized carbons (Fsp3) is 0.0645. The van der Waals surface area contributed by atoms with Crippen LogP contribution >= 0.6 is 0 Å². The first-order valence-corrected chi connectivity index (χ1v) is 22.4. The molecule has 0 fully saturated rings. The minimum absolute atomic E-state index is 0.156. The molecule has 1 unspecified atom stereocenters. The molecule has 1 spiro atoms. The number of furan rings is 1. The maximum absolute atomic E-state index is 6.40. The number of fused-ring (bicyclic) bond motifs is 19. The molecule has 0 bridgehead atoms. The number of anilines is 3. The Morgan fingerprint density at radius 3 is 1.56 bits per heavy atom. The molecular formula is C62H41NO. The van der Waals surface area contributed by atoms with Crippen molar-refractivity contribution in [1.29, 1.82) is 0 Å². The van der Waals surface area contributed by atoms with Crippen molar-refractivity contribution in [3.05, 3.63) is 246 Å². The lowest BCUT2D eigenvalue weighted by Crippen LogP contribution is -2.29. The van der Waals surface area contributed by atoms with Crippen LogP contribution in [0.4, 0.5) is 17.1 Å². The first-order chi connectivity index (χ1) is 31.5. The predicted octanol–water partition coefficient (Wildman–Crippen LogP) is 16.5. The Morgan fingerprint density at radius 1 is 0.312 bits per heavy atom. The zero-order valence-electron chi connectivity index (χ0n) is 35.6. The Balaban J connectivity index is 1.08. The highest BCUT2D eigenvalue weighted by Gasteiger charge is 2.50. The second kappa shape index (κ2) is 12.8. The van der Waals surface area contributed by atoms with Crippen LogP contribution in [-0.2, 0) is 10.8 Å². The van der Waals surface area contributed by atoms with E-state index in [2.05, 4.69) is 225 Å². The number of nitrogens with zero attached hydrogens (tertiary/aromatic N) is 1. The van der Waals surface area contributed by atoms with Gasteiger partial charge in [0.1, 0.15) is 11.2 Å². The largest absolute Gasteiger partial charge is 0.456 e. The first-order valence-electron chi connectivity index (χ1n) is 22.4. The molecule has 0 radical (unpaired) electrons. The van der Waals surface area contributed by atoms with Gasteiger partial charge in [-0.3, -0.25) is 0 Å². The number of para-hydroxylation sites is 1. The molecule has 2 nitrogen and oxygen atoms in total. The van der Waals surface area contributed by atoms with E-state index in [1.807, 2.05) is 6.07 Å². The van der Waals surface area contributed by atoms with Gasteiger partial charge in [0.05, 0.1) is 5.41 Å². The van der Waals surface area contributed by atoms with Gasteiger partial charge in [-0.1, -0.05) is 166 Å². The maximum atomic E-state index is 6.40. The zero-order chi connectivity index (χ0) is 42.3. The molecule has 10 aromatic carbocycles. The van der Waals surface area contributed by atoms with Crippen LogP contribution in [0.5, 0.6) is 0 Å². The second-order valence-electron chi connectivity index (χ2n) is 18.4. The third-order valence-corrected chi connectivity index (χ3v) is 14.9. The SMILES string of the molecule is CC1(C)c2ccccc2-c2ccc(N(c3ccc4c(c3)-c3ccccc3-c3ccccc3C43c4ccccc4-c4cc5ccccc5cc43)c3ccc4oc5ccccc5c4c3)cc21. The minimum Gasteiger partial charge on any atom is -0.456 e. The Hall–Kier alpha value is -7.94. The van der Waals surface area contributed by atoms with Crippen LogP contribution in [0.2, 0.25) is 0 Å². The quantitative estimate of drug-likeness (QED) is 0.177. The molecule has 0 aliphatic heterocycles. The van der Waals surface area contributed by atoms with Crippen molar-refractivity contribution in [2.75, 3.05) is 4.90 Å². The smallest absolute Gasteiger partial charge is 0.135 e. The second-order valence-corrected chi connectivity index (χ2v) is 18.4. The van der Waals surface area contributed by atoms with Crippen molar-refractivity contribution in [2.45, 2.75) is 24.7 Å². The van der Waals surface area contributed by atoms with Crippen molar-refractivity contribution in [2.24, 2.45) is 0 Å². The number of hydrogen-bond donors (Lipinski definition) is 0. The van der Waals surface area contributed by atoms with Gasteiger partial charge in [-0.25, -0.2) is 0 Å². The standard InChI is InChI=1S/C62H41NO/c1-61(2)53-23-11-7-20-46(53)48-30-27-42(37-57(48)61)63(41-29-32-60-52(36-41)49-22-10-14-26-59(49)64-60)40-28-31-56-51(35-40)44-18-6-5-17-43(44)45-19-8-12-24-54(45)62(56)55-25-13-9-21-47(55)50-33-38-15-3-4-16-39(38)34-58(50)62/h3-37H,1-2H3. The fourth-order valence-corrected chi connectivity index (χ4v) is 12.0. The topological polar surface area (TPSA) is 16.4 Å². The molecule has 0 saturated heterocycles. The summed E-state index contributed by atoms with van der Waals surface area (Å²) in [5.41, 5.74) is 22.5. The van der Waals surface area contributed by atoms with Crippen LogP contribution < -0.4 is 4.90 Å². The fourth-order valence-electron chi connectivity index (χ4n) is 12.0. The first kappa shape index (κ1) is 35.6. The summed E-state index contributed by atoms with van der Waals surface area (Å²) in [4.78, 5) is 2.47. The Bertz CT molecular complexity index is 3790. The predicted molar refractivity (Wildman–Crippen MR) is 265 cm³/mol. The van der Waals surface area contributed by atoms with Crippen molar-refractivity contribution in [1.82, 2.24) is 0 Å². The highest BCUT2D eigenvalue weighted by molar-refractivity contribution is 6.07. The molecule has 1 heterocycles. The number of hydrogen-bond acceptors (Lipinski definition) is 2. The van der Waals surface area contributed by atoms with Crippen LogP contribution in [0.3, 0.4) is 0 Å². The summed E-state index contributed by atoms with van der Waals surface area (Å²) in [5, 5.41) is 4.73. The van der Waals surface area contributed by atoms with E-state index in [4.69, 9.17) is 4.42 Å². The van der Waals surface area contributed by atoms with Crippen LogP contribution in [0.25, 0.3) is 77.2 Å². The van der Waals surface area contributed by atoms with E-state index in [9.17, 15) is 0 Å². The average Bonchev–Trinajstić information content (AvgIpc) is 3.91. The van der Waals surface area contributed by atoms with E-state index in [0.29, 0.717) is 0 Å². The summed E-state index contributed by atoms with van der Waals surface area (Å²) in [6.07, 6.45) is 0. The van der Waals surface area contributed by atoms with Crippen molar-refractivity contribution >= 4 is 49.8 Å². The third kappa shape index (κ3) is 4.64. The van der Waals surface area contributed by atoms with Gasteiger partial charge in [-0.2, -0.15) is 0 Å². The van der Waals surface area contributed by atoms with Crippen LogP contribution in [0, 0.1) is 0 Å². The molecule has 0 N–H and O–H groups in total. The van der Waals surface area contributed by atoms with Gasteiger partial charge in [-0.15, -0.1) is 0 Å². The molecule has 64 heavy (non-hydrogen) atoms. The minimum atomic E-state index is -0.581. The summed E-state index contributed by atoms with van der Waals surface area (Å²) < 4.78 is 6.40. The number of benzene rings is 10. The molecule has 3 aliphatic carbocycles. The van der Waals surface area contributed by atoms with Gasteiger partial charge >= 0.3 is 0 Å². The van der Waals surface area contributed by atoms with E-state index >= 15 is 0 Å². The van der Waals surface area contributed by atoms with Gasteiger partial charge in [0.15, 0.2) is 0 Å². The molecule has 0 saturated carbocycles. The molecule has 1 atom stereocenters. The average molecular weight is 816 g/mol. The van der Waals surface area contributed by atoms with Crippen molar-refractivity contribution in [3.63, 3.8) is 0 Å². The summed E-state index contributed by atoms with van der Waals surface area (Å²) in [6.45, 7) is 4.73. The third-order valence-electron chi connectivity index (χ3n) is 14.9. The van der Waals surface area contributed by atoms with Crippen LogP contribution in [0.15, 0.2) is 217 Å². The zero-order valence-corrected chi connectivity index (χ0v) is 35.6. The van der Waals surface area contributed by atoms with E-state index in [0.717, 1.165) is 39.0 Å². The Morgan fingerprint density at radius 2 is 0.797 bits per heavy atom. The highest BCUT2D eigenvalue weighted by Crippen LogP contribution is 2.62. The molecular weight excluding hydrogens is 775 g/mol. The molecule has 2 heteroatoms. The lowest BCUT2D eigenvalue weighted by atomic mass is 9.65. The van der Waals surface area contributed by atoms with E-state index in [1.54, 1.807) is 0 Å². The molecule has 0 amide bonds. The Labute approximate surface area is 372 Å². The van der Waals surface area contributed by atoms with Gasteiger partial charge in [0.2, 0.25) is 0 Å². The molecule has 1 aromatic heterocycles. The summed E-state index contributed by atoms with van der Waals surface area (Å²) in [6, 6.07) is 79.5. The van der Waals surface area contributed by atoms with Crippen molar-refractivity contribution in [3.8, 4) is 44.5 Å². The summed E-state index contributed by atoms with van der Waals surface area (Å²) >= 11 is 0. The van der Waals surface area contributed by atoms with Gasteiger partial charge in [0, 0.05) is 33.2 Å². The summed E-state index contributed by atoms with van der Waals surface area (Å²) in [7, 11) is 0. The highest BCUT2D eigenvalue weighted by atomic mass is 16.3. The molecule has 14 rings (SSSR count). The van der Waals surface area contributed by atoms with Gasteiger partial charge in [-0.05, 0) is 149 Å². The van der Waals surface area contributed by atoms with E-state index < -0.39 is 5.41 Å². The van der Waals surface area contributed by atoms with E-state index in [1.165, 1.54) is 88.7 Å². The molecule has 11 aromatic rings. The van der Waals surface area contributed by atoms with Crippen molar-refractivity contribution < 1.29 is 4.42 Å². The van der Waals surface area contributed by atoms with Crippen LogP contribution in [-0.4, -0.2) is 0 Å². The lowest BCUT2D eigenvalue weighted by Gasteiger charge is -2.36. The molecule has 3 aliphatic rings. The normalized spacial score (nSPS) is 15.8. The maximum Gasteiger partial charge on any atom is 0.135 e. The van der Waals surface area contributed by atoms with Crippen LogP contribution in [0.1, 0.15) is 47.2 Å². The summed E-state index contributed by atoms with van der Waals surface area (Å²) in [5.74, 6) is 0. The lowest BCUT2D eigenvalue weighted by molar-refractivity contribution is 0.660. The Kier molecular flexibility index (Phi) is 7.13.